The molecule has 0 radical (unpaired) electrons. The second kappa shape index (κ2) is 3.04. The van der Waals surface area contributed by atoms with Gasteiger partial charge in [-0.15, -0.1) is 0 Å². The lowest BCUT2D eigenvalue weighted by molar-refractivity contribution is 0.493. The fourth-order valence-electron chi connectivity index (χ4n) is 0.734. The molecule has 0 aliphatic rings. The van der Waals surface area contributed by atoms with Gasteiger partial charge in [0.05, 0.1) is 6.20 Å². The first-order valence-electron chi connectivity index (χ1n) is 2.92. The molecule has 0 bridgehead atoms. The maximum Gasteiger partial charge on any atom is 0.513 e. The van der Waals surface area contributed by atoms with Crippen molar-refractivity contribution in [2.75, 3.05) is 0 Å². The quantitative estimate of drug-likeness (QED) is 0.543. The number of halogens is 5. The molecule has 0 aliphatic heterocycles. The summed E-state index contributed by atoms with van der Waals surface area (Å²) >= 11 is 2.58. The molecule has 0 atom stereocenters. The van der Waals surface area contributed by atoms with Crippen molar-refractivity contribution < 1.29 is 17.3 Å². The number of rotatable bonds is 1. The molecule has 66 valence electrons. The summed E-state index contributed by atoms with van der Waals surface area (Å²) in [5, 5.41) is 0. The van der Waals surface area contributed by atoms with Crippen LogP contribution in [0.3, 0.4) is 0 Å². The highest BCUT2D eigenvalue weighted by molar-refractivity contribution is 9.10. The summed E-state index contributed by atoms with van der Waals surface area (Å²) in [5.74, 6) is -1.35. The number of hydrogen-bond donors (Lipinski definition) is 0. The van der Waals surface area contributed by atoms with Crippen LogP contribution in [0.5, 0.6) is 0 Å². The summed E-state index contributed by atoms with van der Waals surface area (Å²) in [6.07, 6.45) is 1.45. The molecule has 0 N–H and O–H groups in total. The Labute approximate surface area is 74.0 Å². The van der Waals surface area contributed by atoms with Crippen LogP contribution < -0.4 is 5.46 Å². The van der Waals surface area contributed by atoms with Gasteiger partial charge in [0.1, 0.15) is 5.82 Å². The minimum absolute atomic E-state index is 0.366. The highest BCUT2D eigenvalue weighted by Gasteiger charge is 2.31. The van der Waals surface area contributed by atoms with E-state index < -0.39 is 18.3 Å². The molecule has 1 aromatic heterocycles. The lowest BCUT2D eigenvalue weighted by Crippen LogP contribution is -2.38. The molecule has 1 heterocycles. The summed E-state index contributed by atoms with van der Waals surface area (Å²) in [4.78, 5) is 3.25. The van der Waals surface area contributed by atoms with Crippen LogP contribution in [-0.4, -0.2) is 12.0 Å². The van der Waals surface area contributed by atoms with Crippen LogP contribution in [0.1, 0.15) is 0 Å². The van der Waals surface area contributed by atoms with Crippen molar-refractivity contribution in [3.05, 3.63) is 22.7 Å². The molecular weight excluding hydrogens is 241 g/mol. The van der Waals surface area contributed by atoms with Crippen molar-refractivity contribution >= 4 is 28.4 Å². The SMILES string of the molecule is Fc1cncc(Br)c1[B-](F)(F)F. The second-order valence-electron chi connectivity index (χ2n) is 2.09. The predicted molar refractivity (Wildman–Crippen MR) is 40.6 cm³/mol. The molecule has 1 aromatic rings. The Morgan fingerprint density at radius 3 is 2.17 bits per heavy atom. The van der Waals surface area contributed by atoms with Crippen molar-refractivity contribution in [3.8, 4) is 0 Å². The molecule has 0 aromatic carbocycles. The first kappa shape index (κ1) is 9.50. The Bertz CT molecular complexity index is 280. The zero-order chi connectivity index (χ0) is 9.35. The second-order valence-corrected chi connectivity index (χ2v) is 2.95. The topological polar surface area (TPSA) is 12.9 Å². The van der Waals surface area contributed by atoms with E-state index in [4.69, 9.17) is 0 Å². The van der Waals surface area contributed by atoms with E-state index in [2.05, 4.69) is 20.9 Å². The zero-order valence-electron chi connectivity index (χ0n) is 5.57. The Kier molecular flexibility index (Phi) is 2.41. The molecule has 0 saturated heterocycles. The summed E-state index contributed by atoms with van der Waals surface area (Å²) in [5.41, 5.74) is -1.26. The molecule has 0 aliphatic carbocycles. The van der Waals surface area contributed by atoms with Crippen molar-refractivity contribution in [2.45, 2.75) is 0 Å². The number of aromatic nitrogens is 1. The summed E-state index contributed by atoms with van der Waals surface area (Å²) in [6, 6.07) is 0. The van der Waals surface area contributed by atoms with E-state index in [1.807, 2.05) is 0 Å². The third-order valence-electron chi connectivity index (χ3n) is 1.22. The molecule has 0 fully saturated rings. The Morgan fingerprint density at radius 2 is 1.83 bits per heavy atom. The van der Waals surface area contributed by atoms with Crippen LogP contribution in [0.15, 0.2) is 16.9 Å². The van der Waals surface area contributed by atoms with E-state index >= 15 is 0 Å². The van der Waals surface area contributed by atoms with Gasteiger partial charge in [-0.1, -0.05) is 21.4 Å². The van der Waals surface area contributed by atoms with E-state index in [0.29, 0.717) is 6.20 Å². The van der Waals surface area contributed by atoms with E-state index in [-0.39, 0.29) is 4.47 Å². The maximum atomic E-state index is 12.5. The monoisotopic (exact) mass is 242 g/mol. The van der Waals surface area contributed by atoms with Gasteiger partial charge in [-0.3, -0.25) is 4.98 Å². The average molecular weight is 243 g/mol. The lowest BCUT2D eigenvalue weighted by atomic mass is 9.80. The summed E-state index contributed by atoms with van der Waals surface area (Å²) < 4.78 is 48.4. The van der Waals surface area contributed by atoms with Crippen LogP contribution in [0.25, 0.3) is 0 Å². The van der Waals surface area contributed by atoms with Gasteiger partial charge in [-0.05, 0) is 0 Å². The van der Waals surface area contributed by atoms with E-state index in [0.717, 1.165) is 6.20 Å². The Morgan fingerprint density at radius 1 is 1.25 bits per heavy atom. The standard InChI is InChI=1S/C5H2BBrF4N/c7-3-1-12-2-4(8)5(3)6(9,10)11/h1-2H/q-1. The first-order chi connectivity index (χ1) is 5.43. The van der Waals surface area contributed by atoms with E-state index in [9.17, 15) is 17.3 Å². The number of pyridine rings is 1. The van der Waals surface area contributed by atoms with Gasteiger partial charge in [0, 0.05) is 10.7 Å². The highest BCUT2D eigenvalue weighted by Crippen LogP contribution is 2.17. The number of hydrogen-bond acceptors (Lipinski definition) is 1. The van der Waals surface area contributed by atoms with Crippen molar-refractivity contribution in [2.24, 2.45) is 0 Å². The molecule has 0 spiro atoms. The molecular formula is C5H2BBrF4N-. The minimum Gasteiger partial charge on any atom is -0.445 e. The normalized spacial score (nSPS) is 11.8. The Hall–Kier alpha value is -0.585. The van der Waals surface area contributed by atoms with Crippen LogP contribution >= 0.6 is 15.9 Å². The van der Waals surface area contributed by atoms with E-state index in [1.165, 1.54) is 0 Å². The maximum absolute atomic E-state index is 12.5. The van der Waals surface area contributed by atoms with Gasteiger partial charge in [0.15, 0.2) is 0 Å². The van der Waals surface area contributed by atoms with Crippen molar-refractivity contribution in [1.82, 2.24) is 4.98 Å². The summed E-state index contributed by atoms with van der Waals surface area (Å²) in [7, 11) is 0. The summed E-state index contributed by atoms with van der Waals surface area (Å²) in [6.45, 7) is -5.32. The van der Waals surface area contributed by atoms with Gasteiger partial charge in [-0.2, -0.15) is 0 Å². The van der Waals surface area contributed by atoms with Crippen LogP contribution in [0.2, 0.25) is 0 Å². The smallest absolute Gasteiger partial charge is 0.445 e. The van der Waals surface area contributed by atoms with Gasteiger partial charge >= 0.3 is 6.98 Å². The lowest BCUT2D eigenvalue weighted by Gasteiger charge is -2.16. The molecule has 1 nitrogen and oxygen atoms in total. The van der Waals surface area contributed by atoms with Gasteiger partial charge < -0.3 is 12.9 Å². The highest BCUT2D eigenvalue weighted by atomic mass is 79.9. The van der Waals surface area contributed by atoms with Crippen LogP contribution in [0, 0.1) is 5.82 Å². The molecule has 1 rings (SSSR count). The van der Waals surface area contributed by atoms with Crippen LogP contribution in [0.4, 0.5) is 17.3 Å². The molecule has 7 heteroatoms. The third-order valence-corrected chi connectivity index (χ3v) is 1.85. The third kappa shape index (κ3) is 1.77. The Balaban J connectivity index is 3.31. The predicted octanol–water partition coefficient (Wildman–Crippen LogP) is 2.04. The average Bonchev–Trinajstić information content (AvgIpc) is 1.82. The van der Waals surface area contributed by atoms with E-state index in [1.54, 1.807) is 0 Å². The molecule has 0 saturated carbocycles. The molecule has 12 heavy (non-hydrogen) atoms. The first-order valence-corrected chi connectivity index (χ1v) is 3.71. The van der Waals surface area contributed by atoms with Crippen LogP contribution in [-0.2, 0) is 0 Å². The fraction of sp³-hybridized carbons (Fsp3) is 0. The zero-order valence-corrected chi connectivity index (χ0v) is 7.16. The van der Waals surface area contributed by atoms with Crippen molar-refractivity contribution in [3.63, 3.8) is 0 Å². The van der Waals surface area contributed by atoms with Crippen molar-refractivity contribution in [1.29, 1.82) is 0 Å². The fourth-order valence-corrected chi connectivity index (χ4v) is 1.30. The van der Waals surface area contributed by atoms with Gasteiger partial charge in [-0.25, -0.2) is 4.39 Å². The van der Waals surface area contributed by atoms with Gasteiger partial charge in [0.25, 0.3) is 0 Å². The molecule has 0 amide bonds. The number of nitrogens with zero attached hydrogens (tertiary/aromatic N) is 1. The molecule has 0 unspecified atom stereocenters. The minimum atomic E-state index is -5.32. The van der Waals surface area contributed by atoms with Gasteiger partial charge in [0.2, 0.25) is 0 Å². The largest absolute Gasteiger partial charge is 0.513 e.